The molecule has 0 aliphatic rings. The number of benzene rings is 2. The van der Waals surface area contributed by atoms with Gasteiger partial charge in [0.25, 0.3) is 0 Å². The molecule has 6 nitrogen and oxygen atoms in total. The van der Waals surface area contributed by atoms with Crippen LogP contribution in [0.4, 0.5) is 18.9 Å². The molecule has 0 unspecified atom stereocenters. The van der Waals surface area contributed by atoms with Gasteiger partial charge >= 0.3 is 12.1 Å². The van der Waals surface area contributed by atoms with Crippen LogP contribution in [-0.2, 0) is 22.6 Å². The minimum atomic E-state index is -4.99. The van der Waals surface area contributed by atoms with Crippen LogP contribution in [0.2, 0.25) is 0 Å². The van der Waals surface area contributed by atoms with Crippen molar-refractivity contribution in [3.63, 3.8) is 0 Å². The van der Waals surface area contributed by atoms with Crippen molar-refractivity contribution in [3.8, 4) is 11.5 Å². The van der Waals surface area contributed by atoms with Crippen LogP contribution in [0, 0.1) is 0 Å². The highest BCUT2D eigenvalue weighted by atomic mass is 19.4. The van der Waals surface area contributed by atoms with Crippen LogP contribution in [0.5, 0.6) is 11.5 Å². The van der Waals surface area contributed by atoms with Crippen molar-refractivity contribution in [2.24, 2.45) is 0 Å². The SMILES string of the molecule is COc1ccc(CCC(=O)NCc2ccccc2NC(=O)C(F)(F)F)cc1OC. The molecule has 0 aliphatic carbocycles. The number of hydrogen-bond donors (Lipinski definition) is 2. The third kappa shape index (κ3) is 6.41. The summed E-state index contributed by atoms with van der Waals surface area (Å²) < 4.78 is 47.7. The van der Waals surface area contributed by atoms with Crippen molar-refractivity contribution in [2.45, 2.75) is 25.6 Å². The van der Waals surface area contributed by atoms with Gasteiger partial charge in [-0.2, -0.15) is 13.2 Å². The molecule has 2 aromatic rings. The summed E-state index contributed by atoms with van der Waals surface area (Å²) in [5.41, 5.74) is 1.23. The van der Waals surface area contributed by atoms with Gasteiger partial charge in [-0.3, -0.25) is 9.59 Å². The molecule has 0 saturated carbocycles. The zero-order valence-electron chi connectivity index (χ0n) is 15.9. The molecule has 29 heavy (non-hydrogen) atoms. The normalized spacial score (nSPS) is 10.9. The molecule has 2 N–H and O–H groups in total. The first-order valence-electron chi connectivity index (χ1n) is 8.68. The van der Waals surface area contributed by atoms with Gasteiger partial charge in [0.1, 0.15) is 0 Å². The van der Waals surface area contributed by atoms with Crippen molar-refractivity contribution < 1.29 is 32.2 Å². The Morgan fingerprint density at radius 1 is 1.00 bits per heavy atom. The third-order valence-corrected chi connectivity index (χ3v) is 4.09. The lowest BCUT2D eigenvalue weighted by atomic mass is 10.1. The van der Waals surface area contributed by atoms with E-state index in [4.69, 9.17) is 9.47 Å². The molecule has 0 spiro atoms. The number of ether oxygens (including phenoxy) is 2. The second-order valence-electron chi connectivity index (χ2n) is 6.08. The Morgan fingerprint density at radius 2 is 1.69 bits per heavy atom. The summed E-state index contributed by atoms with van der Waals surface area (Å²) in [4.78, 5) is 23.3. The largest absolute Gasteiger partial charge is 0.493 e. The highest BCUT2D eigenvalue weighted by molar-refractivity contribution is 5.95. The molecule has 0 bridgehead atoms. The molecule has 0 aliphatic heterocycles. The first-order valence-corrected chi connectivity index (χ1v) is 8.68. The topological polar surface area (TPSA) is 76.7 Å². The lowest BCUT2D eigenvalue weighted by Gasteiger charge is -2.13. The molecule has 0 atom stereocenters. The summed E-state index contributed by atoms with van der Waals surface area (Å²) in [6, 6.07) is 11.3. The van der Waals surface area contributed by atoms with Gasteiger partial charge < -0.3 is 20.1 Å². The van der Waals surface area contributed by atoms with Gasteiger partial charge in [0.15, 0.2) is 11.5 Å². The minimum Gasteiger partial charge on any atom is -0.493 e. The summed E-state index contributed by atoms with van der Waals surface area (Å²) in [6.45, 7) is -0.0148. The molecule has 2 rings (SSSR count). The van der Waals surface area contributed by atoms with Crippen LogP contribution in [0.25, 0.3) is 0 Å². The van der Waals surface area contributed by atoms with Gasteiger partial charge in [0.2, 0.25) is 5.91 Å². The molecule has 0 radical (unpaired) electrons. The van der Waals surface area contributed by atoms with E-state index in [-0.39, 0.29) is 24.6 Å². The van der Waals surface area contributed by atoms with Crippen LogP contribution in [0.3, 0.4) is 0 Å². The van der Waals surface area contributed by atoms with Crippen molar-refractivity contribution in [3.05, 3.63) is 53.6 Å². The van der Waals surface area contributed by atoms with Gasteiger partial charge in [-0.1, -0.05) is 24.3 Å². The standard InChI is InChI=1S/C20H21F3N2O4/c1-28-16-9-7-13(11-17(16)29-2)8-10-18(26)24-12-14-5-3-4-6-15(14)25-19(27)20(21,22)23/h3-7,9,11H,8,10,12H2,1-2H3,(H,24,26)(H,25,27). The van der Waals surface area contributed by atoms with Gasteiger partial charge in [0.05, 0.1) is 14.2 Å². The predicted octanol–water partition coefficient (Wildman–Crippen LogP) is 3.45. The van der Waals surface area contributed by atoms with Crippen LogP contribution >= 0.6 is 0 Å². The summed E-state index contributed by atoms with van der Waals surface area (Å²) in [5, 5.41) is 4.46. The number of halogens is 3. The number of methoxy groups -OCH3 is 2. The fraction of sp³-hybridized carbons (Fsp3) is 0.300. The van der Waals surface area contributed by atoms with Crippen LogP contribution < -0.4 is 20.1 Å². The average Bonchev–Trinajstić information content (AvgIpc) is 2.70. The van der Waals surface area contributed by atoms with E-state index < -0.39 is 12.1 Å². The number of amides is 2. The number of hydrogen-bond acceptors (Lipinski definition) is 4. The Balaban J connectivity index is 1.92. The fourth-order valence-corrected chi connectivity index (χ4v) is 2.57. The molecular weight excluding hydrogens is 389 g/mol. The van der Waals surface area contributed by atoms with E-state index >= 15 is 0 Å². The van der Waals surface area contributed by atoms with Gasteiger partial charge in [-0.25, -0.2) is 0 Å². The minimum absolute atomic E-state index is 0.00462. The van der Waals surface area contributed by atoms with Crippen LogP contribution in [0.15, 0.2) is 42.5 Å². The van der Waals surface area contributed by atoms with E-state index in [1.807, 2.05) is 11.4 Å². The van der Waals surface area contributed by atoms with Crippen molar-refractivity contribution in [1.29, 1.82) is 0 Å². The lowest BCUT2D eigenvalue weighted by Crippen LogP contribution is -2.31. The number of aryl methyl sites for hydroxylation is 1. The highest BCUT2D eigenvalue weighted by Gasteiger charge is 2.38. The Hall–Kier alpha value is -3.23. The molecule has 9 heteroatoms. The Kier molecular flexibility index (Phi) is 7.46. The summed E-state index contributed by atoms with van der Waals surface area (Å²) in [7, 11) is 3.04. The number of carbonyl (C=O) groups is 2. The Morgan fingerprint density at radius 3 is 2.34 bits per heavy atom. The zero-order chi connectivity index (χ0) is 21.4. The molecule has 0 aromatic heterocycles. The monoisotopic (exact) mass is 410 g/mol. The molecule has 0 saturated heterocycles. The highest BCUT2D eigenvalue weighted by Crippen LogP contribution is 2.28. The molecular formula is C20H21F3N2O4. The van der Waals surface area contributed by atoms with Gasteiger partial charge in [-0.15, -0.1) is 0 Å². The van der Waals surface area contributed by atoms with E-state index in [0.29, 0.717) is 23.5 Å². The van der Waals surface area contributed by atoms with Crippen molar-refractivity contribution in [1.82, 2.24) is 5.32 Å². The summed E-state index contributed by atoms with van der Waals surface area (Å²) in [6.07, 6.45) is -4.37. The molecule has 156 valence electrons. The maximum atomic E-state index is 12.4. The number of nitrogens with one attached hydrogen (secondary N) is 2. The molecule has 0 heterocycles. The van der Waals surface area contributed by atoms with Crippen LogP contribution in [0.1, 0.15) is 17.5 Å². The third-order valence-electron chi connectivity index (χ3n) is 4.09. The van der Waals surface area contributed by atoms with E-state index in [0.717, 1.165) is 5.56 Å². The number of rotatable bonds is 8. The van der Waals surface area contributed by atoms with E-state index in [2.05, 4.69) is 5.32 Å². The van der Waals surface area contributed by atoms with Crippen LogP contribution in [-0.4, -0.2) is 32.2 Å². The molecule has 0 fully saturated rings. The second kappa shape index (κ2) is 9.81. The smallest absolute Gasteiger partial charge is 0.471 e. The molecule has 2 amide bonds. The predicted molar refractivity (Wildman–Crippen MR) is 101 cm³/mol. The Bertz CT molecular complexity index is 869. The van der Waals surface area contributed by atoms with Gasteiger partial charge in [0, 0.05) is 18.7 Å². The fourth-order valence-electron chi connectivity index (χ4n) is 2.57. The summed E-state index contributed by atoms with van der Waals surface area (Å²) in [5.74, 6) is -1.21. The van der Waals surface area contributed by atoms with E-state index in [9.17, 15) is 22.8 Å². The average molecular weight is 410 g/mol. The van der Waals surface area contributed by atoms with Crippen molar-refractivity contribution >= 4 is 17.5 Å². The summed E-state index contributed by atoms with van der Waals surface area (Å²) >= 11 is 0. The lowest BCUT2D eigenvalue weighted by molar-refractivity contribution is -0.167. The van der Waals surface area contributed by atoms with E-state index in [1.54, 1.807) is 18.2 Å². The second-order valence-corrected chi connectivity index (χ2v) is 6.08. The quantitative estimate of drug-likeness (QED) is 0.699. The van der Waals surface area contributed by atoms with Crippen molar-refractivity contribution in [2.75, 3.05) is 19.5 Å². The molecule has 2 aromatic carbocycles. The maximum absolute atomic E-state index is 12.4. The van der Waals surface area contributed by atoms with Gasteiger partial charge in [-0.05, 0) is 35.7 Å². The maximum Gasteiger partial charge on any atom is 0.471 e. The zero-order valence-corrected chi connectivity index (χ0v) is 15.9. The number of alkyl halides is 3. The number of para-hydroxylation sites is 1. The first-order chi connectivity index (χ1) is 13.7. The number of anilines is 1. The Labute approximate surface area is 166 Å². The van der Waals surface area contributed by atoms with E-state index in [1.165, 1.54) is 32.4 Å². The first kappa shape index (κ1) is 22.1. The number of carbonyl (C=O) groups excluding carboxylic acids is 2.